The van der Waals surface area contributed by atoms with Crippen LogP contribution in [0.3, 0.4) is 0 Å². The van der Waals surface area contributed by atoms with E-state index in [2.05, 4.69) is 44.6 Å². The fourth-order valence-corrected chi connectivity index (χ4v) is 3.18. The van der Waals surface area contributed by atoms with Gasteiger partial charge in [0.05, 0.1) is 0 Å². The standard InChI is InChI=1S/C20H25N5O/c1-14-9-12-25(13-10-14)17-6-4-15(5-7-17)22-19(26)18-8-11-21-20(24-18)23-16-2-3-16/h4-8,11,14,16H,2-3,9-10,12-13H2,1H3,(H,22,26)(H,21,23,24). The number of nitrogens with one attached hydrogen (secondary N) is 2. The molecule has 1 saturated carbocycles. The normalized spacial score (nSPS) is 17.8. The van der Waals surface area contributed by atoms with E-state index < -0.39 is 0 Å². The van der Waals surface area contributed by atoms with Crippen LogP contribution in [0.1, 0.15) is 43.1 Å². The molecule has 0 atom stereocenters. The topological polar surface area (TPSA) is 70.2 Å². The molecule has 1 saturated heterocycles. The molecular weight excluding hydrogens is 326 g/mol. The van der Waals surface area contributed by atoms with Gasteiger partial charge in [0.2, 0.25) is 5.95 Å². The zero-order valence-electron chi connectivity index (χ0n) is 15.1. The number of piperidine rings is 1. The number of amides is 1. The lowest BCUT2D eigenvalue weighted by molar-refractivity contribution is 0.102. The third-order valence-electron chi connectivity index (χ3n) is 5.07. The maximum absolute atomic E-state index is 12.5. The van der Waals surface area contributed by atoms with E-state index >= 15 is 0 Å². The monoisotopic (exact) mass is 351 g/mol. The molecule has 1 aromatic heterocycles. The van der Waals surface area contributed by atoms with Crippen LogP contribution >= 0.6 is 0 Å². The molecule has 6 heteroatoms. The molecule has 2 aromatic rings. The van der Waals surface area contributed by atoms with Crippen LogP contribution in [0.25, 0.3) is 0 Å². The van der Waals surface area contributed by atoms with Gasteiger partial charge in [0.25, 0.3) is 5.91 Å². The second-order valence-corrected chi connectivity index (χ2v) is 7.35. The van der Waals surface area contributed by atoms with Crippen LogP contribution in [-0.4, -0.2) is 35.0 Å². The second kappa shape index (κ2) is 7.32. The van der Waals surface area contributed by atoms with Gasteiger partial charge in [0.15, 0.2) is 0 Å². The molecule has 26 heavy (non-hydrogen) atoms. The summed E-state index contributed by atoms with van der Waals surface area (Å²) in [6.07, 6.45) is 6.38. The Labute approximate surface area is 154 Å². The van der Waals surface area contributed by atoms with Crippen LogP contribution in [0.2, 0.25) is 0 Å². The Hall–Kier alpha value is -2.63. The van der Waals surface area contributed by atoms with Crippen LogP contribution in [0.4, 0.5) is 17.3 Å². The molecule has 2 fully saturated rings. The van der Waals surface area contributed by atoms with Gasteiger partial charge in [0, 0.05) is 36.7 Å². The summed E-state index contributed by atoms with van der Waals surface area (Å²) in [5.41, 5.74) is 2.37. The average Bonchev–Trinajstić information content (AvgIpc) is 3.47. The number of carbonyl (C=O) groups excluding carboxylic acids is 1. The van der Waals surface area contributed by atoms with Crippen molar-refractivity contribution in [2.24, 2.45) is 5.92 Å². The zero-order chi connectivity index (χ0) is 17.9. The lowest BCUT2D eigenvalue weighted by Crippen LogP contribution is -2.32. The quantitative estimate of drug-likeness (QED) is 0.862. The molecule has 0 unspecified atom stereocenters. The van der Waals surface area contributed by atoms with Crippen molar-refractivity contribution in [2.75, 3.05) is 28.6 Å². The second-order valence-electron chi connectivity index (χ2n) is 7.35. The van der Waals surface area contributed by atoms with Crippen molar-refractivity contribution < 1.29 is 4.79 Å². The number of carbonyl (C=O) groups is 1. The Kier molecular flexibility index (Phi) is 4.73. The summed E-state index contributed by atoms with van der Waals surface area (Å²) in [5.74, 6) is 1.12. The van der Waals surface area contributed by atoms with Crippen molar-refractivity contribution in [3.8, 4) is 0 Å². The molecule has 2 N–H and O–H groups in total. The van der Waals surface area contributed by atoms with Crippen molar-refractivity contribution in [1.29, 1.82) is 0 Å². The van der Waals surface area contributed by atoms with Crippen molar-refractivity contribution in [2.45, 2.75) is 38.6 Å². The molecule has 1 aliphatic heterocycles. The molecule has 0 radical (unpaired) electrons. The lowest BCUT2D eigenvalue weighted by atomic mass is 9.99. The molecule has 0 bridgehead atoms. The van der Waals surface area contributed by atoms with Gasteiger partial charge in [-0.1, -0.05) is 6.92 Å². The van der Waals surface area contributed by atoms with Gasteiger partial charge >= 0.3 is 0 Å². The number of hydrogen-bond donors (Lipinski definition) is 2. The van der Waals surface area contributed by atoms with Crippen LogP contribution in [0.5, 0.6) is 0 Å². The first kappa shape index (κ1) is 16.8. The van der Waals surface area contributed by atoms with E-state index in [0.717, 1.165) is 37.5 Å². The van der Waals surface area contributed by atoms with Gasteiger partial charge in [-0.25, -0.2) is 9.97 Å². The van der Waals surface area contributed by atoms with Crippen LogP contribution in [-0.2, 0) is 0 Å². The summed E-state index contributed by atoms with van der Waals surface area (Å²) >= 11 is 0. The highest BCUT2D eigenvalue weighted by Gasteiger charge is 2.22. The van der Waals surface area contributed by atoms with E-state index in [4.69, 9.17) is 0 Å². The van der Waals surface area contributed by atoms with Crippen molar-refractivity contribution in [3.05, 3.63) is 42.2 Å². The number of hydrogen-bond acceptors (Lipinski definition) is 5. The van der Waals surface area contributed by atoms with E-state index in [-0.39, 0.29) is 5.91 Å². The van der Waals surface area contributed by atoms with Crippen molar-refractivity contribution in [1.82, 2.24) is 9.97 Å². The maximum atomic E-state index is 12.5. The smallest absolute Gasteiger partial charge is 0.274 e. The first-order valence-electron chi connectivity index (χ1n) is 9.43. The highest BCUT2D eigenvalue weighted by atomic mass is 16.1. The Morgan fingerprint density at radius 2 is 1.81 bits per heavy atom. The van der Waals surface area contributed by atoms with Gasteiger partial charge in [-0.05, 0) is 61.9 Å². The van der Waals surface area contributed by atoms with Gasteiger partial charge in [-0.15, -0.1) is 0 Å². The number of anilines is 3. The van der Waals surface area contributed by atoms with E-state index in [1.165, 1.54) is 18.5 Å². The molecule has 1 aliphatic carbocycles. The molecular formula is C20H25N5O. The molecule has 6 nitrogen and oxygen atoms in total. The first-order chi connectivity index (χ1) is 12.7. The van der Waals surface area contributed by atoms with Gasteiger partial charge in [-0.2, -0.15) is 0 Å². The Morgan fingerprint density at radius 3 is 2.50 bits per heavy atom. The summed E-state index contributed by atoms with van der Waals surface area (Å²) in [5, 5.41) is 6.13. The minimum atomic E-state index is -0.217. The maximum Gasteiger partial charge on any atom is 0.274 e. The van der Waals surface area contributed by atoms with Crippen molar-refractivity contribution >= 4 is 23.2 Å². The minimum absolute atomic E-state index is 0.217. The summed E-state index contributed by atoms with van der Waals surface area (Å²) in [6.45, 7) is 4.52. The Morgan fingerprint density at radius 1 is 1.08 bits per heavy atom. The minimum Gasteiger partial charge on any atom is -0.372 e. The van der Waals surface area contributed by atoms with E-state index in [1.807, 2.05) is 12.1 Å². The predicted octanol–water partition coefficient (Wildman–Crippen LogP) is 3.54. The van der Waals surface area contributed by atoms with Gasteiger partial charge in [0.1, 0.15) is 5.69 Å². The summed E-state index contributed by atoms with van der Waals surface area (Å²) < 4.78 is 0. The van der Waals surface area contributed by atoms with Gasteiger partial charge in [-0.3, -0.25) is 4.79 Å². The molecule has 4 rings (SSSR count). The number of rotatable bonds is 5. The Bertz CT molecular complexity index is 764. The number of nitrogens with zero attached hydrogens (tertiary/aromatic N) is 3. The fourth-order valence-electron chi connectivity index (χ4n) is 3.18. The summed E-state index contributed by atoms with van der Waals surface area (Å²) in [4.78, 5) is 23.3. The highest BCUT2D eigenvalue weighted by Crippen LogP contribution is 2.25. The molecule has 2 heterocycles. The van der Waals surface area contributed by atoms with Crippen LogP contribution in [0.15, 0.2) is 36.5 Å². The fraction of sp³-hybridized carbons (Fsp3) is 0.450. The lowest BCUT2D eigenvalue weighted by Gasteiger charge is -2.32. The third-order valence-corrected chi connectivity index (χ3v) is 5.07. The first-order valence-corrected chi connectivity index (χ1v) is 9.43. The molecule has 2 aliphatic rings. The van der Waals surface area contributed by atoms with Crippen LogP contribution in [0, 0.1) is 5.92 Å². The largest absolute Gasteiger partial charge is 0.372 e. The average molecular weight is 351 g/mol. The van der Waals surface area contributed by atoms with E-state index in [9.17, 15) is 4.79 Å². The molecule has 1 aromatic carbocycles. The summed E-state index contributed by atoms with van der Waals surface area (Å²) in [6, 6.07) is 10.2. The van der Waals surface area contributed by atoms with Crippen molar-refractivity contribution in [3.63, 3.8) is 0 Å². The summed E-state index contributed by atoms with van der Waals surface area (Å²) in [7, 11) is 0. The van der Waals surface area contributed by atoms with Gasteiger partial charge < -0.3 is 15.5 Å². The number of benzene rings is 1. The Balaban J connectivity index is 1.38. The van der Waals surface area contributed by atoms with Crippen LogP contribution < -0.4 is 15.5 Å². The van der Waals surface area contributed by atoms with E-state index in [1.54, 1.807) is 12.3 Å². The molecule has 136 valence electrons. The SMILES string of the molecule is CC1CCN(c2ccc(NC(=O)c3ccnc(NC4CC4)n3)cc2)CC1. The molecule has 1 amide bonds. The zero-order valence-corrected chi connectivity index (χ0v) is 15.1. The van der Waals surface area contributed by atoms with E-state index in [0.29, 0.717) is 17.7 Å². The number of aromatic nitrogens is 2. The highest BCUT2D eigenvalue weighted by molar-refractivity contribution is 6.03. The molecule has 0 spiro atoms. The third kappa shape index (κ3) is 4.12. The predicted molar refractivity (Wildman–Crippen MR) is 104 cm³/mol.